The van der Waals surface area contributed by atoms with Crippen molar-refractivity contribution in [3.05, 3.63) is 10.6 Å². The summed E-state index contributed by atoms with van der Waals surface area (Å²) < 4.78 is 1.92. The number of tetrazole rings is 2. The molecule has 0 bridgehead atoms. The van der Waals surface area contributed by atoms with Crippen molar-refractivity contribution in [2.24, 2.45) is 7.05 Å². The van der Waals surface area contributed by atoms with E-state index in [2.05, 4.69) is 30.9 Å². The number of aromatic nitrogens is 8. The summed E-state index contributed by atoms with van der Waals surface area (Å²) in [5, 5.41) is 21.2. The van der Waals surface area contributed by atoms with Crippen molar-refractivity contribution >= 4 is 12.2 Å². The van der Waals surface area contributed by atoms with E-state index in [1.54, 1.807) is 11.7 Å². The monoisotopic (exact) mass is 198 g/mol. The van der Waals surface area contributed by atoms with Gasteiger partial charge < -0.3 is 0 Å². The highest BCUT2D eigenvalue weighted by Crippen LogP contribution is 1.90. The van der Waals surface area contributed by atoms with E-state index in [-0.39, 0.29) is 0 Å². The molecule has 0 atom stereocenters. The number of H-pyrrole nitrogens is 1. The van der Waals surface area contributed by atoms with Crippen LogP contribution in [0.3, 0.4) is 0 Å². The summed E-state index contributed by atoms with van der Waals surface area (Å²) in [6.07, 6.45) is 0. The third-order valence-corrected chi connectivity index (χ3v) is 1.68. The number of rotatable bonds is 2. The van der Waals surface area contributed by atoms with Crippen LogP contribution < -0.4 is 0 Å². The van der Waals surface area contributed by atoms with Crippen LogP contribution in [0.4, 0.5) is 0 Å². The lowest BCUT2D eigenvalue weighted by molar-refractivity contribution is 0.603. The van der Waals surface area contributed by atoms with E-state index in [0.29, 0.717) is 17.1 Å². The second kappa shape index (κ2) is 3.01. The second-order valence-corrected chi connectivity index (χ2v) is 2.73. The number of hydrogen-bond acceptors (Lipinski definition) is 6. The number of aromatic amines is 1. The fourth-order valence-electron chi connectivity index (χ4n) is 0.847. The molecule has 0 saturated heterocycles. The van der Waals surface area contributed by atoms with Gasteiger partial charge in [-0.15, -0.1) is 10.2 Å². The van der Waals surface area contributed by atoms with Gasteiger partial charge in [-0.3, -0.25) is 0 Å². The Morgan fingerprint density at radius 1 is 1.46 bits per heavy atom. The molecule has 1 N–H and O–H groups in total. The van der Waals surface area contributed by atoms with Crippen molar-refractivity contribution < 1.29 is 0 Å². The number of nitrogens with one attached hydrogen (secondary N) is 1. The van der Waals surface area contributed by atoms with E-state index in [1.807, 2.05) is 0 Å². The molecule has 0 unspecified atom stereocenters. The average Bonchev–Trinajstić information content (AvgIpc) is 2.64. The summed E-state index contributed by atoms with van der Waals surface area (Å²) in [4.78, 5) is 1.38. The Hall–Kier alpha value is -1.64. The van der Waals surface area contributed by atoms with E-state index >= 15 is 0 Å². The maximum atomic E-state index is 4.87. The molecule has 2 aromatic rings. The van der Waals surface area contributed by atoms with Crippen LogP contribution in [-0.2, 0) is 13.6 Å². The summed E-state index contributed by atoms with van der Waals surface area (Å²) in [7, 11) is 1.70. The van der Waals surface area contributed by atoms with E-state index in [1.165, 1.54) is 4.80 Å². The predicted molar refractivity (Wildman–Crippen MR) is 43.1 cm³/mol. The lowest BCUT2D eigenvalue weighted by atomic mass is 10.6. The van der Waals surface area contributed by atoms with Gasteiger partial charge in [0.1, 0.15) is 6.54 Å². The van der Waals surface area contributed by atoms with Crippen LogP contribution >= 0.6 is 12.2 Å². The molecule has 0 fully saturated rings. The predicted octanol–water partition coefficient (Wildman–Crippen LogP) is -1.09. The summed E-state index contributed by atoms with van der Waals surface area (Å²) in [5.41, 5.74) is 0. The van der Waals surface area contributed by atoms with Crippen molar-refractivity contribution in [3.63, 3.8) is 0 Å². The van der Waals surface area contributed by atoms with Crippen molar-refractivity contribution in [2.45, 2.75) is 6.54 Å². The van der Waals surface area contributed by atoms with Crippen LogP contribution in [0.2, 0.25) is 0 Å². The minimum absolute atomic E-state index is 0.368. The van der Waals surface area contributed by atoms with Crippen molar-refractivity contribution in [1.82, 2.24) is 40.4 Å². The highest BCUT2D eigenvalue weighted by Gasteiger charge is 2.02. The zero-order valence-electron chi connectivity index (χ0n) is 6.75. The van der Waals surface area contributed by atoms with Gasteiger partial charge in [-0.25, -0.2) is 4.68 Å². The molecule has 8 nitrogen and oxygen atoms in total. The van der Waals surface area contributed by atoms with Gasteiger partial charge >= 0.3 is 0 Å². The normalized spacial score (nSPS) is 10.5. The van der Waals surface area contributed by atoms with Gasteiger partial charge in [0, 0.05) is 0 Å². The van der Waals surface area contributed by atoms with Crippen molar-refractivity contribution in [3.8, 4) is 0 Å². The number of nitrogens with zero attached hydrogens (tertiary/aromatic N) is 7. The fourth-order valence-corrected chi connectivity index (χ4v) is 0.993. The minimum atomic E-state index is 0.368. The van der Waals surface area contributed by atoms with E-state index in [9.17, 15) is 0 Å². The van der Waals surface area contributed by atoms with Crippen LogP contribution in [-0.4, -0.2) is 40.4 Å². The number of aryl methyl sites for hydroxylation is 1. The molecule has 0 aliphatic heterocycles. The molecule has 0 aliphatic rings. The maximum Gasteiger partial charge on any atom is 0.238 e. The zero-order chi connectivity index (χ0) is 9.26. The average molecular weight is 198 g/mol. The highest BCUT2D eigenvalue weighted by atomic mass is 32.1. The van der Waals surface area contributed by atoms with Crippen molar-refractivity contribution in [1.29, 1.82) is 0 Å². The van der Waals surface area contributed by atoms with Crippen LogP contribution in [0.5, 0.6) is 0 Å². The third-order valence-electron chi connectivity index (χ3n) is 1.38. The molecule has 2 aromatic heterocycles. The molecule has 2 heterocycles. The summed E-state index contributed by atoms with van der Waals surface area (Å²) in [5.74, 6) is 0.560. The van der Waals surface area contributed by atoms with Gasteiger partial charge in [-0.05, 0) is 17.4 Å². The maximum absolute atomic E-state index is 4.87. The Morgan fingerprint density at radius 2 is 2.31 bits per heavy atom. The fraction of sp³-hybridized carbons (Fsp3) is 0.500. The molecule has 68 valence electrons. The van der Waals surface area contributed by atoms with Gasteiger partial charge in [0.2, 0.25) is 4.77 Å². The van der Waals surface area contributed by atoms with Gasteiger partial charge in [0.15, 0.2) is 5.82 Å². The molecule has 13 heavy (non-hydrogen) atoms. The molecule has 0 spiro atoms. The van der Waals surface area contributed by atoms with E-state index < -0.39 is 0 Å². The topological polar surface area (TPSA) is 90.1 Å². The largest absolute Gasteiger partial charge is 0.238 e. The molecule has 0 saturated carbocycles. The zero-order valence-corrected chi connectivity index (χ0v) is 7.56. The first-order valence-electron chi connectivity index (χ1n) is 3.46. The van der Waals surface area contributed by atoms with E-state index in [0.717, 1.165) is 0 Å². The minimum Gasteiger partial charge on any atom is -0.235 e. The van der Waals surface area contributed by atoms with Crippen LogP contribution in [0.1, 0.15) is 5.82 Å². The summed E-state index contributed by atoms with van der Waals surface area (Å²) in [6, 6.07) is 0. The van der Waals surface area contributed by atoms with Gasteiger partial charge in [0.25, 0.3) is 0 Å². The molecular weight excluding hydrogens is 192 g/mol. The molecular formula is C4H6N8S. The Kier molecular flexibility index (Phi) is 1.85. The molecule has 2 rings (SSSR count). The Bertz CT molecular complexity index is 450. The first-order chi connectivity index (χ1) is 6.25. The third kappa shape index (κ3) is 1.59. The molecule has 0 radical (unpaired) electrons. The van der Waals surface area contributed by atoms with Crippen LogP contribution in [0, 0.1) is 4.77 Å². The first-order valence-corrected chi connectivity index (χ1v) is 3.87. The van der Waals surface area contributed by atoms with E-state index in [4.69, 9.17) is 12.2 Å². The molecule has 0 amide bonds. The highest BCUT2D eigenvalue weighted by molar-refractivity contribution is 7.71. The molecule has 0 aromatic carbocycles. The number of hydrogen-bond donors (Lipinski definition) is 1. The Balaban J connectivity index is 2.24. The molecule has 9 heteroatoms. The van der Waals surface area contributed by atoms with Gasteiger partial charge in [-0.1, -0.05) is 10.3 Å². The van der Waals surface area contributed by atoms with Crippen LogP contribution in [0.25, 0.3) is 0 Å². The Morgan fingerprint density at radius 3 is 2.85 bits per heavy atom. The van der Waals surface area contributed by atoms with Gasteiger partial charge in [0.05, 0.1) is 7.05 Å². The SMILES string of the molecule is Cn1nnc(Cn2[nH]nnc2=S)n1. The smallest absolute Gasteiger partial charge is 0.235 e. The summed E-state index contributed by atoms with van der Waals surface area (Å²) >= 11 is 4.87. The van der Waals surface area contributed by atoms with Crippen molar-refractivity contribution in [2.75, 3.05) is 0 Å². The quantitative estimate of drug-likeness (QED) is 0.616. The second-order valence-electron chi connectivity index (χ2n) is 2.36. The Labute approximate surface area is 77.5 Å². The standard InChI is InChI=1S/C4H6N8S/c1-11-7-3(5-9-11)2-12-4(13)6-8-10-12/h2H2,1H3,(H,6,10,13). The van der Waals surface area contributed by atoms with Crippen LogP contribution in [0.15, 0.2) is 0 Å². The lowest BCUT2D eigenvalue weighted by Crippen LogP contribution is -2.04. The summed E-state index contributed by atoms with van der Waals surface area (Å²) in [6.45, 7) is 0.402. The first kappa shape index (κ1) is 7.98. The lowest BCUT2D eigenvalue weighted by Gasteiger charge is -1.92. The molecule has 0 aliphatic carbocycles. The van der Waals surface area contributed by atoms with Gasteiger partial charge in [-0.2, -0.15) is 10.0 Å².